The molecule has 4 heteroatoms. The van der Waals surface area contributed by atoms with E-state index in [1.807, 2.05) is 42.5 Å². The maximum absolute atomic E-state index is 11.6. The van der Waals surface area contributed by atoms with Crippen molar-refractivity contribution in [3.63, 3.8) is 0 Å². The van der Waals surface area contributed by atoms with E-state index in [4.69, 9.17) is 4.42 Å². The number of rotatable bonds is 4. The third-order valence-corrected chi connectivity index (χ3v) is 3.14. The van der Waals surface area contributed by atoms with E-state index >= 15 is 0 Å². The Morgan fingerprint density at radius 3 is 2.32 bits per heavy atom. The molecular weight excluding hydrogens is 276 g/mol. The summed E-state index contributed by atoms with van der Waals surface area (Å²) in [7, 11) is 0. The van der Waals surface area contributed by atoms with Crippen LogP contribution in [-0.4, -0.2) is 12.1 Å². The van der Waals surface area contributed by atoms with Gasteiger partial charge in [-0.1, -0.05) is 54.6 Å². The molecule has 2 aromatic carbocycles. The summed E-state index contributed by atoms with van der Waals surface area (Å²) in [5, 5.41) is 3.92. The van der Waals surface area contributed by atoms with Crippen LogP contribution in [-0.2, 0) is 0 Å². The third-order valence-electron chi connectivity index (χ3n) is 3.14. The number of carbonyl (C=O) groups excluding carboxylic acids is 1. The van der Waals surface area contributed by atoms with Crippen LogP contribution in [0.15, 0.2) is 82.5 Å². The Labute approximate surface area is 128 Å². The fourth-order valence-electron chi connectivity index (χ4n) is 2.02. The first-order valence-electron chi connectivity index (χ1n) is 6.85. The van der Waals surface area contributed by atoms with Crippen molar-refractivity contribution in [1.29, 1.82) is 0 Å². The predicted octanol–water partition coefficient (Wildman–Crippen LogP) is 3.71. The molecule has 3 aromatic rings. The molecule has 0 atom stereocenters. The van der Waals surface area contributed by atoms with E-state index in [9.17, 15) is 4.79 Å². The maximum atomic E-state index is 11.6. The van der Waals surface area contributed by atoms with Crippen molar-refractivity contribution in [1.82, 2.24) is 5.43 Å². The van der Waals surface area contributed by atoms with Gasteiger partial charge in [-0.25, -0.2) is 5.43 Å². The largest absolute Gasteiger partial charge is 0.459 e. The summed E-state index contributed by atoms with van der Waals surface area (Å²) in [4.78, 5) is 11.6. The average molecular weight is 290 g/mol. The zero-order valence-electron chi connectivity index (χ0n) is 11.8. The lowest BCUT2D eigenvalue weighted by Gasteiger charge is -2.01. The normalized spacial score (nSPS) is 10.7. The van der Waals surface area contributed by atoms with Gasteiger partial charge in [-0.15, -0.1) is 0 Å². The fourth-order valence-corrected chi connectivity index (χ4v) is 2.02. The fraction of sp³-hybridized carbons (Fsp3) is 0. The van der Waals surface area contributed by atoms with Crippen LogP contribution < -0.4 is 5.43 Å². The molecule has 0 aliphatic carbocycles. The van der Waals surface area contributed by atoms with Crippen LogP contribution in [0.1, 0.15) is 16.1 Å². The first-order valence-corrected chi connectivity index (χ1v) is 6.85. The van der Waals surface area contributed by atoms with Crippen molar-refractivity contribution >= 4 is 12.1 Å². The summed E-state index contributed by atoms with van der Waals surface area (Å²) < 4.78 is 4.98. The Morgan fingerprint density at radius 2 is 1.64 bits per heavy atom. The molecule has 0 aliphatic rings. The second kappa shape index (κ2) is 6.54. The number of nitrogens with one attached hydrogen (secondary N) is 1. The molecule has 108 valence electrons. The van der Waals surface area contributed by atoms with E-state index in [2.05, 4.69) is 22.7 Å². The highest BCUT2D eigenvalue weighted by Crippen LogP contribution is 2.18. The van der Waals surface area contributed by atoms with Crippen molar-refractivity contribution in [2.24, 2.45) is 5.10 Å². The predicted molar refractivity (Wildman–Crippen MR) is 85.6 cm³/mol. The number of nitrogens with zero attached hydrogens (tertiary/aromatic N) is 1. The van der Waals surface area contributed by atoms with Crippen molar-refractivity contribution in [2.75, 3.05) is 0 Å². The molecule has 0 saturated carbocycles. The zero-order valence-corrected chi connectivity index (χ0v) is 11.8. The average Bonchev–Trinajstić information content (AvgIpc) is 3.11. The number of benzene rings is 2. The van der Waals surface area contributed by atoms with Gasteiger partial charge in [0.25, 0.3) is 0 Å². The molecule has 22 heavy (non-hydrogen) atoms. The summed E-state index contributed by atoms with van der Waals surface area (Å²) in [5.41, 5.74) is 5.62. The Morgan fingerprint density at radius 1 is 0.909 bits per heavy atom. The minimum Gasteiger partial charge on any atom is -0.459 e. The van der Waals surface area contributed by atoms with Gasteiger partial charge in [0.2, 0.25) is 0 Å². The van der Waals surface area contributed by atoms with Gasteiger partial charge in [-0.05, 0) is 28.8 Å². The number of amides is 1. The molecule has 1 heterocycles. The highest BCUT2D eigenvalue weighted by atomic mass is 16.3. The van der Waals surface area contributed by atoms with Crippen molar-refractivity contribution < 1.29 is 9.21 Å². The van der Waals surface area contributed by atoms with E-state index in [1.165, 1.54) is 6.26 Å². The van der Waals surface area contributed by atoms with Gasteiger partial charge in [-0.3, -0.25) is 4.79 Å². The SMILES string of the molecule is O=C(N/N=C\c1ccc(-c2ccccc2)cc1)c1ccco1. The smallest absolute Gasteiger partial charge is 0.307 e. The molecule has 0 spiro atoms. The van der Waals surface area contributed by atoms with Crippen molar-refractivity contribution in [3.8, 4) is 11.1 Å². The first kappa shape index (κ1) is 13.8. The van der Waals surface area contributed by atoms with Gasteiger partial charge in [0.05, 0.1) is 12.5 Å². The van der Waals surface area contributed by atoms with Gasteiger partial charge in [0.15, 0.2) is 5.76 Å². The summed E-state index contributed by atoms with van der Waals surface area (Å²) >= 11 is 0. The minimum atomic E-state index is -0.373. The van der Waals surface area contributed by atoms with E-state index in [1.54, 1.807) is 18.3 Å². The number of carbonyl (C=O) groups is 1. The maximum Gasteiger partial charge on any atom is 0.307 e. The molecule has 0 saturated heterocycles. The topological polar surface area (TPSA) is 54.6 Å². The number of hydrazone groups is 1. The molecule has 0 aliphatic heterocycles. The van der Waals surface area contributed by atoms with E-state index < -0.39 is 0 Å². The lowest BCUT2D eigenvalue weighted by molar-refractivity contribution is 0.0927. The summed E-state index contributed by atoms with van der Waals surface area (Å²) in [5.74, 6) is -0.140. The Hall–Kier alpha value is -3.14. The standard InChI is InChI=1S/C18H14N2O2/c21-18(17-7-4-12-22-17)20-19-13-14-8-10-16(11-9-14)15-5-2-1-3-6-15/h1-13H,(H,20,21)/b19-13-. The van der Waals surface area contributed by atoms with Crippen molar-refractivity contribution in [3.05, 3.63) is 84.3 Å². The molecule has 0 radical (unpaired) electrons. The van der Waals surface area contributed by atoms with Crippen LogP contribution in [0.3, 0.4) is 0 Å². The van der Waals surface area contributed by atoms with Crippen LogP contribution in [0.4, 0.5) is 0 Å². The molecule has 0 bridgehead atoms. The molecule has 3 rings (SSSR count). The quantitative estimate of drug-likeness (QED) is 0.588. The molecule has 4 nitrogen and oxygen atoms in total. The number of hydrogen-bond donors (Lipinski definition) is 1. The summed E-state index contributed by atoms with van der Waals surface area (Å²) in [6.45, 7) is 0. The van der Waals surface area contributed by atoms with E-state index in [0.717, 1.165) is 16.7 Å². The van der Waals surface area contributed by atoms with E-state index in [0.29, 0.717) is 0 Å². The van der Waals surface area contributed by atoms with Crippen LogP contribution in [0.5, 0.6) is 0 Å². The van der Waals surface area contributed by atoms with E-state index in [-0.39, 0.29) is 11.7 Å². The molecular formula is C18H14N2O2. The Kier molecular flexibility index (Phi) is 4.11. The Balaban J connectivity index is 1.64. The first-order chi connectivity index (χ1) is 10.8. The van der Waals surface area contributed by atoms with Crippen LogP contribution in [0.25, 0.3) is 11.1 Å². The van der Waals surface area contributed by atoms with Crippen LogP contribution in [0.2, 0.25) is 0 Å². The number of furan rings is 1. The molecule has 1 aromatic heterocycles. The lowest BCUT2D eigenvalue weighted by atomic mass is 10.0. The third kappa shape index (κ3) is 3.30. The number of hydrogen-bond acceptors (Lipinski definition) is 3. The van der Waals surface area contributed by atoms with Crippen LogP contribution in [0, 0.1) is 0 Å². The van der Waals surface area contributed by atoms with Crippen LogP contribution >= 0.6 is 0 Å². The zero-order chi connectivity index (χ0) is 15.2. The lowest BCUT2D eigenvalue weighted by Crippen LogP contribution is -2.16. The second-order valence-electron chi connectivity index (χ2n) is 4.66. The molecule has 0 unspecified atom stereocenters. The minimum absolute atomic E-state index is 0.233. The highest BCUT2D eigenvalue weighted by molar-refractivity contribution is 5.92. The van der Waals surface area contributed by atoms with Gasteiger partial charge < -0.3 is 4.42 Å². The van der Waals surface area contributed by atoms with Gasteiger partial charge >= 0.3 is 5.91 Å². The Bertz CT molecular complexity index is 761. The molecule has 0 fully saturated rings. The summed E-state index contributed by atoms with van der Waals surface area (Å²) in [6, 6.07) is 21.3. The monoisotopic (exact) mass is 290 g/mol. The van der Waals surface area contributed by atoms with Gasteiger partial charge in [-0.2, -0.15) is 5.10 Å². The van der Waals surface area contributed by atoms with Gasteiger partial charge in [0.1, 0.15) is 0 Å². The molecule has 1 amide bonds. The summed E-state index contributed by atoms with van der Waals surface area (Å²) in [6.07, 6.45) is 3.04. The highest BCUT2D eigenvalue weighted by Gasteiger charge is 2.05. The second-order valence-corrected chi connectivity index (χ2v) is 4.66. The molecule has 1 N–H and O–H groups in total. The van der Waals surface area contributed by atoms with Gasteiger partial charge in [0, 0.05) is 0 Å². The van der Waals surface area contributed by atoms with Crippen molar-refractivity contribution in [2.45, 2.75) is 0 Å².